The second-order valence-corrected chi connectivity index (χ2v) is 4.88. The molecule has 1 rings (SSSR count). The van der Waals surface area contributed by atoms with E-state index in [9.17, 15) is 4.79 Å². The number of amides is 1. The number of primary amides is 1. The Morgan fingerprint density at radius 3 is 2.76 bits per heavy atom. The molecule has 1 amide bonds. The minimum Gasteiger partial charge on any atom is -0.399 e. The maximum absolute atomic E-state index is 11.1. The molecule has 6 heteroatoms. The normalized spacial score (nSPS) is 11.0. The van der Waals surface area contributed by atoms with Crippen molar-refractivity contribution in [1.82, 2.24) is 4.90 Å². The highest BCUT2D eigenvalue weighted by molar-refractivity contribution is 5.75. The van der Waals surface area contributed by atoms with Crippen LogP contribution in [-0.4, -0.2) is 50.8 Å². The maximum Gasteiger partial charge on any atom is 0.231 e. The molecule has 0 aromatic heterocycles. The third-order valence-electron chi connectivity index (χ3n) is 2.93. The lowest BCUT2D eigenvalue weighted by Gasteiger charge is -2.21. The van der Waals surface area contributed by atoms with Gasteiger partial charge in [0.1, 0.15) is 0 Å². The van der Waals surface area contributed by atoms with E-state index >= 15 is 0 Å². The van der Waals surface area contributed by atoms with Gasteiger partial charge < -0.3 is 20.9 Å². The van der Waals surface area contributed by atoms with Crippen LogP contribution in [-0.2, 0) is 20.8 Å². The molecular weight excluding hydrogens is 270 g/mol. The fraction of sp³-hybridized carbons (Fsp3) is 0.533. The van der Waals surface area contributed by atoms with Crippen molar-refractivity contribution in [2.24, 2.45) is 5.73 Å². The summed E-state index contributed by atoms with van der Waals surface area (Å²) >= 11 is 0. The summed E-state index contributed by atoms with van der Waals surface area (Å²) in [4.78, 5) is 13.1. The van der Waals surface area contributed by atoms with E-state index in [1.165, 1.54) is 0 Å². The first-order valence-corrected chi connectivity index (χ1v) is 7.03. The number of carbonyl (C=O) groups is 1. The van der Waals surface area contributed by atoms with Gasteiger partial charge in [0.2, 0.25) is 5.91 Å². The lowest BCUT2D eigenvalue weighted by molar-refractivity contribution is -0.119. The monoisotopic (exact) mass is 295 g/mol. The number of hydrogen-bond acceptors (Lipinski definition) is 5. The number of anilines is 1. The number of nitrogen functional groups attached to an aromatic ring is 1. The predicted octanol–water partition coefficient (Wildman–Crippen LogP) is 0.609. The van der Waals surface area contributed by atoms with Crippen molar-refractivity contribution in [2.75, 3.05) is 45.8 Å². The van der Waals surface area contributed by atoms with Gasteiger partial charge in [-0.25, -0.2) is 0 Å². The lowest BCUT2D eigenvalue weighted by Crippen LogP contribution is -2.35. The van der Waals surface area contributed by atoms with Crippen LogP contribution in [0, 0.1) is 0 Å². The number of rotatable bonds is 11. The molecular formula is C15H25N3O3. The van der Waals surface area contributed by atoms with Crippen molar-refractivity contribution in [1.29, 1.82) is 0 Å². The molecule has 4 N–H and O–H groups in total. The molecule has 0 saturated carbocycles. The summed E-state index contributed by atoms with van der Waals surface area (Å²) < 4.78 is 10.5. The average molecular weight is 295 g/mol. The van der Waals surface area contributed by atoms with Gasteiger partial charge in [-0.3, -0.25) is 9.69 Å². The summed E-state index contributed by atoms with van der Waals surface area (Å²) in [6.07, 6.45) is 0.863. The van der Waals surface area contributed by atoms with Gasteiger partial charge in [0, 0.05) is 39.1 Å². The Morgan fingerprint density at radius 2 is 2.10 bits per heavy atom. The van der Waals surface area contributed by atoms with E-state index in [0.717, 1.165) is 12.0 Å². The average Bonchev–Trinajstić information content (AvgIpc) is 2.42. The Bertz CT molecular complexity index is 426. The summed E-state index contributed by atoms with van der Waals surface area (Å²) in [7, 11) is 1.67. The van der Waals surface area contributed by atoms with Crippen LogP contribution in [0.5, 0.6) is 0 Å². The zero-order valence-electron chi connectivity index (χ0n) is 12.6. The SMILES string of the molecule is COCCCOCCN(CC(N)=O)Cc1cccc(N)c1. The highest BCUT2D eigenvalue weighted by atomic mass is 16.5. The zero-order chi connectivity index (χ0) is 15.5. The van der Waals surface area contributed by atoms with E-state index in [-0.39, 0.29) is 12.5 Å². The van der Waals surface area contributed by atoms with Crippen LogP contribution in [0.2, 0.25) is 0 Å². The largest absolute Gasteiger partial charge is 0.399 e. The molecule has 0 heterocycles. The molecule has 0 radical (unpaired) electrons. The van der Waals surface area contributed by atoms with Crippen LogP contribution in [0.15, 0.2) is 24.3 Å². The fourth-order valence-corrected chi connectivity index (χ4v) is 1.99. The number of carbonyl (C=O) groups excluding carboxylic acids is 1. The Morgan fingerprint density at radius 1 is 1.29 bits per heavy atom. The molecule has 0 aliphatic rings. The standard InChI is InChI=1S/C15H25N3O3/c1-20-7-3-8-21-9-6-18(12-15(17)19)11-13-4-2-5-14(16)10-13/h2,4-5,10H,3,6-9,11-12,16H2,1H3,(H2,17,19). The van der Waals surface area contributed by atoms with Gasteiger partial charge >= 0.3 is 0 Å². The van der Waals surface area contributed by atoms with Crippen molar-refractivity contribution < 1.29 is 14.3 Å². The number of nitrogens with zero attached hydrogens (tertiary/aromatic N) is 1. The Balaban J connectivity index is 2.39. The molecule has 0 fully saturated rings. The molecule has 118 valence electrons. The first-order valence-electron chi connectivity index (χ1n) is 7.03. The molecule has 21 heavy (non-hydrogen) atoms. The molecule has 0 aliphatic carbocycles. The summed E-state index contributed by atoms with van der Waals surface area (Å²) in [5.74, 6) is -0.349. The Kier molecular flexibility index (Phi) is 8.42. The van der Waals surface area contributed by atoms with Gasteiger partial charge in [0.25, 0.3) is 0 Å². The van der Waals surface area contributed by atoms with Crippen LogP contribution in [0.4, 0.5) is 5.69 Å². The zero-order valence-corrected chi connectivity index (χ0v) is 12.6. The molecule has 0 atom stereocenters. The van der Waals surface area contributed by atoms with Crippen molar-refractivity contribution in [3.05, 3.63) is 29.8 Å². The molecule has 6 nitrogen and oxygen atoms in total. The first kappa shape index (κ1) is 17.4. The van der Waals surface area contributed by atoms with E-state index in [1.54, 1.807) is 7.11 Å². The molecule has 0 aliphatic heterocycles. The third kappa shape index (κ3) is 8.29. The predicted molar refractivity (Wildman–Crippen MR) is 82.6 cm³/mol. The highest BCUT2D eigenvalue weighted by Crippen LogP contribution is 2.09. The van der Waals surface area contributed by atoms with Gasteiger partial charge in [-0.15, -0.1) is 0 Å². The van der Waals surface area contributed by atoms with E-state index in [1.807, 2.05) is 29.2 Å². The molecule has 0 saturated heterocycles. The quantitative estimate of drug-likeness (QED) is 0.461. The number of methoxy groups -OCH3 is 1. The van der Waals surface area contributed by atoms with E-state index in [4.69, 9.17) is 20.9 Å². The van der Waals surface area contributed by atoms with Gasteiger partial charge in [-0.1, -0.05) is 12.1 Å². The molecule has 1 aromatic carbocycles. The number of benzene rings is 1. The third-order valence-corrected chi connectivity index (χ3v) is 2.93. The van der Waals surface area contributed by atoms with Gasteiger partial charge in [0.15, 0.2) is 0 Å². The van der Waals surface area contributed by atoms with Crippen LogP contribution in [0.1, 0.15) is 12.0 Å². The van der Waals surface area contributed by atoms with E-state index in [2.05, 4.69) is 0 Å². The van der Waals surface area contributed by atoms with E-state index < -0.39 is 0 Å². The Labute approximate surface area is 126 Å². The second kappa shape index (κ2) is 10.1. The summed E-state index contributed by atoms with van der Waals surface area (Å²) in [5, 5.41) is 0. The fourth-order valence-electron chi connectivity index (χ4n) is 1.99. The number of hydrogen-bond donors (Lipinski definition) is 2. The molecule has 1 aromatic rings. The lowest BCUT2D eigenvalue weighted by atomic mass is 10.2. The molecule has 0 unspecified atom stereocenters. The summed E-state index contributed by atoms with van der Waals surface area (Å²) in [6.45, 7) is 3.36. The van der Waals surface area contributed by atoms with E-state index in [0.29, 0.717) is 38.6 Å². The van der Waals surface area contributed by atoms with Crippen LogP contribution in [0.3, 0.4) is 0 Å². The number of ether oxygens (including phenoxy) is 2. The Hall–Kier alpha value is -1.63. The minimum absolute atomic E-state index is 0.205. The maximum atomic E-state index is 11.1. The van der Waals surface area contributed by atoms with Gasteiger partial charge in [0.05, 0.1) is 13.2 Å². The number of nitrogens with two attached hydrogens (primary N) is 2. The van der Waals surface area contributed by atoms with Crippen LogP contribution in [0.25, 0.3) is 0 Å². The highest BCUT2D eigenvalue weighted by Gasteiger charge is 2.09. The van der Waals surface area contributed by atoms with Gasteiger partial charge in [-0.05, 0) is 24.1 Å². The molecule has 0 spiro atoms. The van der Waals surface area contributed by atoms with Crippen LogP contribution < -0.4 is 11.5 Å². The first-order chi connectivity index (χ1) is 10.1. The van der Waals surface area contributed by atoms with Crippen LogP contribution >= 0.6 is 0 Å². The second-order valence-electron chi connectivity index (χ2n) is 4.88. The smallest absolute Gasteiger partial charge is 0.231 e. The van der Waals surface area contributed by atoms with Crippen molar-refractivity contribution >= 4 is 11.6 Å². The topological polar surface area (TPSA) is 90.8 Å². The van der Waals surface area contributed by atoms with Crippen molar-refractivity contribution in [2.45, 2.75) is 13.0 Å². The summed E-state index contributed by atoms with van der Waals surface area (Å²) in [6, 6.07) is 7.60. The molecule has 0 bridgehead atoms. The minimum atomic E-state index is -0.349. The summed E-state index contributed by atoms with van der Waals surface area (Å²) in [5.41, 5.74) is 12.8. The van der Waals surface area contributed by atoms with Crippen molar-refractivity contribution in [3.63, 3.8) is 0 Å². The van der Waals surface area contributed by atoms with Gasteiger partial charge in [-0.2, -0.15) is 0 Å². The van der Waals surface area contributed by atoms with Crippen molar-refractivity contribution in [3.8, 4) is 0 Å².